The van der Waals surface area contributed by atoms with E-state index in [0.717, 1.165) is 16.9 Å². The summed E-state index contributed by atoms with van der Waals surface area (Å²) in [6.07, 6.45) is 0.677. The van der Waals surface area contributed by atoms with Gasteiger partial charge in [0.25, 0.3) is 0 Å². The lowest BCUT2D eigenvalue weighted by Crippen LogP contribution is -2.14. The van der Waals surface area contributed by atoms with Gasteiger partial charge in [-0.3, -0.25) is 0 Å². The van der Waals surface area contributed by atoms with Gasteiger partial charge >= 0.3 is 0 Å². The summed E-state index contributed by atoms with van der Waals surface area (Å²) in [4.78, 5) is 26.3. The number of aromatic nitrogens is 6. The van der Waals surface area contributed by atoms with Crippen LogP contribution in [0, 0.1) is 5.82 Å². The molecule has 2 aromatic heterocycles. The van der Waals surface area contributed by atoms with Gasteiger partial charge in [-0.05, 0) is 66.6 Å². The SMILES string of the molecule is Nc1cccc(Nc2nc(NCCO)nc(NCCc3ccc(Nc4nc(NCCO)nc(Nc5ccc(F)cc5)n4)cc3)n2)c1. The minimum atomic E-state index is -0.351. The van der Waals surface area contributed by atoms with E-state index >= 15 is 0 Å². The van der Waals surface area contributed by atoms with Crippen LogP contribution in [0.2, 0.25) is 0 Å². The number of rotatable bonds is 16. The van der Waals surface area contributed by atoms with E-state index in [1.54, 1.807) is 24.3 Å². The lowest BCUT2D eigenvalue weighted by atomic mass is 10.1. The van der Waals surface area contributed by atoms with Gasteiger partial charge in [-0.25, -0.2) is 4.39 Å². The Bertz CT molecular complexity index is 1710. The second kappa shape index (κ2) is 15.7. The molecule has 10 N–H and O–H groups in total. The van der Waals surface area contributed by atoms with Gasteiger partial charge in [0, 0.05) is 42.4 Å². The molecule has 0 bridgehead atoms. The minimum absolute atomic E-state index is 0.0691. The number of benzene rings is 3. The Labute approximate surface area is 264 Å². The molecule has 0 aliphatic carbocycles. The summed E-state index contributed by atoms with van der Waals surface area (Å²) < 4.78 is 13.3. The van der Waals surface area contributed by atoms with Crippen LogP contribution in [0.1, 0.15) is 5.56 Å². The zero-order valence-corrected chi connectivity index (χ0v) is 24.7. The summed E-state index contributed by atoms with van der Waals surface area (Å²) >= 11 is 0. The average Bonchev–Trinajstić information content (AvgIpc) is 3.05. The fraction of sp³-hybridized carbons (Fsp3) is 0.200. The monoisotopic (exact) mass is 627 g/mol. The van der Waals surface area contributed by atoms with Crippen LogP contribution in [0.4, 0.5) is 62.8 Å². The van der Waals surface area contributed by atoms with Crippen LogP contribution in [-0.4, -0.2) is 73.0 Å². The second-order valence-electron chi connectivity index (χ2n) is 9.79. The van der Waals surface area contributed by atoms with Crippen molar-refractivity contribution < 1.29 is 14.6 Å². The Kier molecular flexibility index (Phi) is 10.8. The fourth-order valence-corrected chi connectivity index (χ4v) is 4.10. The smallest absolute Gasteiger partial charge is 0.233 e. The van der Waals surface area contributed by atoms with Crippen molar-refractivity contribution in [1.29, 1.82) is 0 Å². The molecular weight excluding hydrogens is 593 g/mol. The third kappa shape index (κ3) is 9.57. The summed E-state index contributed by atoms with van der Waals surface area (Å²) in [5.74, 6) is 1.43. The van der Waals surface area contributed by atoms with Crippen molar-refractivity contribution >= 4 is 58.4 Å². The Hall–Kier alpha value is -5.87. The van der Waals surface area contributed by atoms with Crippen molar-refractivity contribution in [2.45, 2.75) is 6.42 Å². The number of nitrogen functional groups attached to an aromatic ring is 1. The molecule has 3 aromatic carbocycles. The molecule has 0 saturated heterocycles. The zero-order chi connectivity index (χ0) is 32.1. The molecule has 0 radical (unpaired) electrons. The Morgan fingerprint density at radius 3 is 1.52 bits per heavy atom. The molecule has 238 valence electrons. The van der Waals surface area contributed by atoms with E-state index in [-0.39, 0.29) is 43.4 Å². The number of hydrogen-bond donors (Lipinski definition) is 9. The van der Waals surface area contributed by atoms with Crippen molar-refractivity contribution in [3.63, 3.8) is 0 Å². The topological polar surface area (TPSA) is 216 Å². The molecule has 5 rings (SSSR count). The standard InChI is InChI=1S/C30H34FN13O2/c31-20-6-10-23(11-7-20)37-29-43-27(35-15-17-46)42-28(44-29)36-22-8-4-19(5-9-22)12-13-33-25-39-26(34-14-16-45)41-30(40-25)38-24-3-1-2-21(32)18-24/h1-11,18,45-46H,12-17,32H2,(H3,33,34,38,39,40,41)(H3,35,36,37,42,43,44). The lowest BCUT2D eigenvalue weighted by molar-refractivity contribution is 0.310. The zero-order valence-electron chi connectivity index (χ0n) is 24.7. The van der Waals surface area contributed by atoms with Crippen molar-refractivity contribution in [2.75, 3.05) is 70.5 Å². The van der Waals surface area contributed by atoms with Gasteiger partial charge in [-0.2, -0.15) is 29.9 Å². The largest absolute Gasteiger partial charge is 0.399 e. The molecule has 0 saturated carbocycles. The van der Waals surface area contributed by atoms with Crippen LogP contribution < -0.4 is 37.6 Å². The lowest BCUT2D eigenvalue weighted by Gasteiger charge is -2.12. The normalized spacial score (nSPS) is 10.7. The third-order valence-corrected chi connectivity index (χ3v) is 6.21. The van der Waals surface area contributed by atoms with E-state index in [0.29, 0.717) is 48.7 Å². The molecule has 15 nitrogen and oxygen atoms in total. The Morgan fingerprint density at radius 1 is 0.543 bits per heavy atom. The molecule has 0 spiro atoms. The number of halogens is 1. The van der Waals surface area contributed by atoms with Crippen molar-refractivity contribution in [3.05, 3.63) is 84.2 Å². The van der Waals surface area contributed by atoms with Crippen LogP contribution in [-0.2, 0) is 6.42 Å². The maximum Gasteiger partial charge on any atom is 0.233 e. The number of aliphatic hydroxyl groups is 2. The maximum atomic E-state index is 13.3. The molecule has 46 heavy (non-hydrogen) atoms. The molecule has 0 unspecified atom stereocenters. The molecule has 0 amide bonds. The minimum Gasteiger partial charge on any atom is -0.399 e. The molecule has 0 fully saturated rings. The van der Waals surface area contributed by atoms with Crippen LogP contribution >= 0.6 is 0 Å². The van der Waals surface area contributed by atoms with E-state index in [1.165, 1.54) is 12.1 Å². The maximum absolute atomic E-state index is 13.3. The summed E-state index contributed by atoms with van der Waals surface area (Å²) in [5.41, 5.74) is 9.63. The van der Waals surface area contributed by atoms with E-state index in [4.69, 9.17) is 5.73 Å². The van der Waals surface area contributed by atoms with Crippen molar-refractivity contribution in [1.82, 2.24) is 29.9 Å². The predicted molar refractivity (Wildman–Crippen MR) is 177 cm³/mol. The quantitative estimate of drug-likeness (QED) is 0.0716. The van der Waals surface area contributed by atoms with Crippen molar-refractivity contribution in [2.24, 2.45) is 0 Å². The summed E-state index contributed by atoms with van der Waals surface area (Å²) in [6, 6.07) is 20.8. The van der Waals surface area contributed by atoms with Gasteiger partial charge in [0.2, 0.25) is 35.7 Å². The van der Waals surface area contributed by atoms with Gasteiger partial charge in [0.15, 0.2) is 0 Å². The predicted octanol–water partition coefficient (Wildman–Crippen LogP) is 3.47. The molecule has 0 atom stereocenters. The highest BCUT2D eigenvalue weighted by Gasteiger charge is 2.10. The van der Waals surface area contributed by atoms with Gasteiger partial charge in [0.05, 0.1) is 13.2 Å². The second-order valence-corrected chi connectivity index (χ2v) is 9.79. The van der Waals surface area contributed by atoms with Gasteiger partial charge in [-0.15, -0.1) is 0 Å². The number of aliphatic hydroxyl groups excluding tert-OH is 2. The van der Waals surface area contributed by atoms with Gasteiger partial charge in [-0.1, -0.05) is 18.2 Å². The van der Waals surface area contributed by atoms with Crippen LogP contribution in [0.15, 0.2) is 72.8 Å². The van der Waals surface area contributed by atoms with Gasteiger partial charge < -0.3 is 47.8 Å². The average molecular weight is 628 g/mol. The molecule has 0 aliphatic rings. The first-order valence-corrected chi connectivity index (χ1v) is 14.4. The van der Waals surface area contributed by atoms with E-state index in [9.17, 15) is 14.6 Å². The van der Waals surface area contributed by atoms with E-state index in [2.05, 4.69) is 61.8 Å². The molecule has 2 heterocycles. The van der Waals surface area contributed by atoms with Crippen LogP contribution in [0.5, 0.6) is 0 Å². The summed E-state index contributed by atoms with van der Waals surface area (Å²) in [5, 5.41) is 36.9. The number of anilines is 10. The van der Waals surface area contributed by atoms with E-state index < -0.39 is 0 Å². The molecule has 16 heteroatoms. The van der Waals surface area contributed by atoms with Crippen LogP contribution in [0.3, 0.4) is 0 Å². The third-order valence-electron chi connectivity index (χ3n) is 6.21. The number of nitrogens with one attached hydrogen (secondary N) is 6. The first kappa shape index (κ1) is 31.6. The molecular formula is C30H34FN13O2. The van der Waals surface area contributed by atoms with Crippen molar-refractivity contribution in [3.8, 4) is 0 Å². The highest BCUT2D eigenvalue weighted by molar-refractivity contribution is 5.61. The molecule has 0 aliphatic heterocycles. The molecule has 5 aromatic rings. The highest BCUT2D eigenvalue weighted by atomic mass is 19.1. The number of nitrogens with two attached hydrogens (primary N) is 1. The first-order valence-electron chi connectivity index (χ1n) is 14.4. The number of nitrogens with zero attached hydrogens (tertiary/aromatic N) is 6. The Morgan fingerprint density at radius 2 is 1.00 bits per heavy atom. The van der Waals surface area contributed by atoms with Gasteiger partial charge in [0.1, 0.15) is 5.82 Å². The first-order chi connectivity index (χ1) is 22.4. The highest BCUT2D eigenvalue weighted by Crippen LogP contribution is 2.21. The van der Waals surface area contributed by atoms with Crippen LogP contribution in [0.25, 0.3) is 0 Å². The summed E-state index contributed by atoms with van der Waals surface area (Å²) in [7, 11) is 0. The Balaban J connectivity index is 1.21. The fourth-order valence-electron chi connectivity index (χ4n) is 4.10. The van der Waals surface area contributed by atoms with E-state index in [1.807, 2.05) is 36.4 Å². The number of hydrogen-bond acceptors (Lipinski definition) is 15. The summed E-state index contributed by atoms with van der Waals surface area (Å²) in [6.45, 7) is 0.924.